The Labute approximate surface area is 86.7 Å². The number of hydrogen-bond donors (Lipinski definition) is 1. The van der Waals surface area contributed by atoms with Gasteiger partial charge in [0.2, 0.25) is 0 Å². The van der Waals surface area contributed by atoms with Gasteiger partial charge in [-0.05, 0) is 18.2 Å². The van der Waals surface area contributed by atoms with E-state index in [1.165, 1.54) is 18.3 Å². The largest absolute Gasteiger partial charge is 0.506 e. The van der Waals surface area contributed by atoms with Gasteiger partial charge in [0.1, 0.15) is 11.3 Å². The van der Waals surface area contributed by atoms with Crippen molar-refractivity contribution >= 4 is 16.7 Å². The molecule has 2 aromatic rings. The third-order valence-electron chi connectivity index (χ3n) is 2.20. The fraction of sp³-hybridized carbons (Fsp3) is 0. The number of phenols is 1. The Balaban J connectivity index is 2.82. The molecule has 0 saturated heterocycles. The third-order valence-corrected chi connectivity index (χ3v) is 2.20. The third kappa shape index (κ3) is 1.48. The van der Waals surface area contributed by atoms with E-state index in [-0.39, 0.29) is 11.5 Å². The standard InChI is InChI=1S/C12H9NO2/c1-2-10(14)8-6-7-13-12-9(8)4-3-5-11(12)15/h2-7,15H,1H2. The highest BCUT2D eigenvalue weighted by Gasteiger charge is 2.08. The lowest BCUT2D eigenvalue weighted by molar-refractivity contribution is 0.104. The summed E-state index contributed by atoms with van der Waals surface area (Å²) < 4.78 is 0. The molecule has 0 aliphatic rings. The molecule has 0 aliphatic heterocycles. The topological polar surface area (TPSA) is 50.2 Å². The Kier molecular flexibility index (Phi) is 2.21. The lowest BCUT2D eigenvalue weighted by Crippen LogP contribution is -1.96. The summed E-state index contributed by atoms with van der Waals surface area (Å²) in [6.45, 7) is 3.43. The molecule has 0 atom stereocenters. The van der Waals surface area contributed by atoms with Crippen molar-refractivity contribution in [2.45, 2.75) is 0 Å². The van der Waals surface area contributed by atoms with Crippen molar-refractivity contribution in [1.29, 1.82) is 0 Å². The van der Waals surface area contributed by atoms with Crippen molar-refractivity contribution in [3.05, 3.63) is 48.7 Å². The summed E-state index contributed by atoms with van der Waals surface area (Å²) in [5, 5.41) is 10.2. The molecule has 0 saturated carbocycles. The second kappa shape index (κ2) is 3.53. The van der Waals surface area contributed by atoms with E-state index in [1.54, 1.807) is 18.2 Å². The number of carbonyl (C=O) groups is 1. The van der Waals surface area contributed by atoms with Gasteiger partial charge in [0, 0.05) is 17.1 Å². The molecule has 1 heterocycles. The predicted octanol–water partition coefficient (Wildman–Crippen LogP) is 2.31. The van der Waals surface area contributed by atoms with Gasteiger partial charge in [-0.1, -0.05) is 18.7 Å². The summed E-state index contributed by atoms with van der Waals surface area (Å²) in [6, 6.07) is 6.58. The van der Waals surface area contributed by atoms with Gasteiger partial charge < -0.3 is 5.11 Å². The first-order valence-electron chi connectivity index (χ1n) is 4.47. The Morgan fingerprint density at radius 1 is 1.40 bits per heavy atom. The first-order chi connectivity index (χ1) is 7.24. The van der Waals surface area contributed by atoms with Crippen LogP contribution in [0.2, 0.25) is 0 Å². The lowest BCUT2D eigenvalue weighted by Gasteiger charge is -2.03. The van der Waals surface area contributed by atoms with Gasteiger partial charge in [0.25, 0.3) is 0 Å². The minimum absolute atomic E-state index is 0.0752. The Bertz CT molecular complexity index is 546. The molecule has 0 radical (unpaired) electrons. The number of aromatic hydroxyl groups is 1. The van der Waals surface area contributed by atoms with Crippen LogP contribution in [0.25, 0.3) is 10.9 Å². The molecule has 74 valence electrons. The van der Waals surface area contributed by atoms with Gasteiger partial charge in [-0.2, -0.15) is 0 Å². The van der Waals surface area contributed by atoms with E-state index in [0.29, 0.717) is 16.5 Å². The number of para-hydroxylation sites is 1. The van der Waals surface area contributed by atoms with Crippen LogP contribution in [0.15, 0.2) is 43.1 Å². The summed E-state index contributed by atoms with van der Waals surface area (Å²) in [6.07, 6.45) is 2.75. The highest BCUT2D eigenvalue weighted by molar-refractivity contribution is 6.13. The van der Waals surface area contributed by atoms with E-state index in [1.807, 2.05) is 0 Å². The molecule has 1 aromatic heterocycles. The number of rotatable bonds is 2. The fourth-order valence-corrected chi connectivity index (χ4v) is 1.49. The molecule has 3 heteroatoms. The number of ketones is 1. The Hall–Kier alpha value is -2.16. The number of allylic oxidation sites excluding steroid dienone is 1. The maximum absolute atomic E-state index is 11.5. The quantitative estimate of drug-likeness (QED) is 0.596. The summed E-state index contributed by atoms with van der Waals surface area (Å²) in [7, 11) is 0. The number of phenolic OH excluding ortho intramolecular Hbond substituents is 1. The van der Waals surface area contributed by atoms with Crippen LogP contribution in [0.1, 0.15) is 10.4 Å². The highest BCUT2D eigenvalue weighted by atomic mass is 16.3. The van der Waals surface area contributed by atoms with Crippen molar-refractivity contribution in [2.24, 2.45) is 0 Å². The minimum atomic E-state index is -0.173. The van der Waals surface area contributed by atoms with Crippen LogP contribution >= 0.6 is 0 Å². The molecular formula is C12H9NO2. The van der Waals surface area contributed by atoms with Crippen LogP contribution in [0, 0.1) is 0 Å². The summed E-state index contributed by atoms with van der Waals surface area (Å²) >= 11 is 0. The molecule has 0 fully saturated rings. The van der Waals surface area contributed by atoms with Gasteiger partial charge in [-0.15, -0.1) is 0 Å². The van der Waals surface area contributed by atoms with Gasteiger partial charge in [0.15, 0.2) is 5.78 Å². The zero-order valence-corrected chi connectivity index (χ0v) is 7.97. The monoisotopic (exact) mass is 199 g/mol. The second-order valence-electron chi connectivity index (χ2n) is 3.10. The number of pyridine rings is 1. The number of carbonyl (C=O) groups excluding carboxylic acids is 1. The van der Waals surface area contributed by atoms with Gasteiger partial charge in [-0.3, -0.25) is 9.78 Å². The van der Waals surface area contributed by atoms with Crippen LogP contribution in [0.3, 0.4) is 0 Å². The highest BCUT2D eigenvalue weighted by Crippen LogP contribution is 2.24. The Morgan fingerprint density at radius 2 is 2.20 bits per heavy atom. The Morgan fingerprint density at radius 3 is 2.93 bits per heavy atom. The normalized spacial score (nSPS) is 10.1. The molecule has 0 spiro atoms. The lowest BCUT2D eigenvalue weighted by atomic mass is 10.1. The number of fused-ring (bicyclic) bond motifs is 1. The van der Waals surface area contributed by atoms with Crippen LogP contribution in [0.4, 0.5) is 0 Å². The summed E-state index contributed by atoms with van der Waals surface area (Å²) in [5.41, 5.74) is 0.941. The van der Waals surface area contributed by atoms with E-state index in [2.05, 4.69) is 11.6 Å². The van der Waals surface area contributed by atoms with Crippen LogP contribution in [-0.4, -0.2) is 15.9 Å². The molecule has 2 rings (SSSR count). The molecule has 0 bridgehead atoms. The van der Waals surface area contributed by atoms with E-state index in [9.17, 15) is 9.90 Å². The molecule has 1 aromatic carbocycles. The van der Waals surface area contributed by atoms with Crippen LogP contribution in [-0.2, 0) is 0 Å². The van der Waals surface area contributed by atoms with Crippen molar-refractivity contribution in [2.75, 3.05) is 0 Å². The number of benzene rings is 1. The second-order valence-corrected chi connectivity index (χ2v) is 3.10. The SMILES string of the molecule is C=CC(=O)c1ccnc2c(O)cccc12. The number of hydrogen-bond acceptors (Lipinski definition) is 3. The molecule has 3 nitrogen and oxygen atoms in total. The molecule has 0 aliphatic carbocycles. The smallest absolute Gasteiger partial charge is 0.185 e. The molecular weight excluding hydrogens is 190 g/mol. The number of aromatic nitrogens is 1. The van der Waals surface area contributed by atoms with Gasteiger partial charge in [-0.25, -0.2) is 0 Å². The molecule has 0 unspecified atom stereocenters. The predicted molar refractivity (Wildman–Crippen MR) is 57.9 cm³/mol. The van der Waals surface area contributed by atoms with Gasteiger partial charge >= 0.3 is 0 Å². The summed E-state index contributed by atoms with van der Waals surface area (Å²) in [5.74, 6) is -0.0980. The van der Waals surface area contributed by atoms with Crippen molar-refractivity contribution < 1.29 is 9.90 Å². The maximum atomic E-state index is 11.5. The van der Waals surface area contributed by atoms with Crippen molar-refractivity contribution in [1.82, 2.24) is 4.98 Å². The minimum Gasteiger partial charge on any atom is -0.506 e. The average molecular weight is 199 g/mol. The van der Waals surface area contributed by atoms with Crippen molar-refractivity contribution in [3.8, 4) is 5.75 Å². The van der Waals surface area contributed by atoms with E-state index in [4.69, 9.17) is 0 Å². The fourth-order valence-electron chi connectivity index (χ4n) is 1.49. The van der Waals surface area contributed by atoms with E-state index < -0.39 is 0 Å². The van der Waals surface area contributed by atoms with Gasteiger partial charge in [0.05, 0.1) is 0 Å². The maximum Gasteiger partial charge on any atom is 0.185 e. The molecule has 15 heavy (non-hydrogen) atoms. The molecule has 1 N–H and O–H groups in total. The van der Waals surface area contributed by atoms with E-state index in [0.717, 1.165) is 0 Å². The zero-order valence-electron chi connectivity index (χ0n) is 7.97. The average Bonchev–Trinajstić information content (AvgIpc) is 2.28. The first-order valence-corrected chi connectivity index (χ1v) is 4.47. The van der Waals surface area contributed by atoms with Crippen LogP contribution in [0.5, 0.6) is 5.75 Å². The van der Waals surface area contributed by atoms with Crippen LogP contribution < -0.4 is 0 Å². The molecule has 0 amide bonds. The zero-order chi connectivity index (χ0) is 10.8. The van der Waals surface area contributed by atoms with Crippen molar-refractivity contribution in [3.63, 3.8) is 0 Å². The number of nitrogens with zero attached hydrogens (tertiary/aromatic N) is 1. The van der Waals surface area contributed by atoms with E-state index >= 15 is 0 Å². The summed E-state index contributed by atoms with van der Waals surface area (Å²) in [4.78, 5) is 15.5. The first kappa shape index (κ1) is 9.40.